The highest BCUT2D eigenvalue weighted by atomic mass is 35.5. The highest BCUT2D eigenvalue weighted by molar-refractivity contribution is 6.31. The van der Waals surface area contributed by atoms with Crippen LogP contribution in [0.25, 0.3) is 0 Å². The minimum atomic E-state index is -0.293. The Morgan fingerprint density at radius 3 is 2.56 bits per heavy atom. The zero-order valence-corrected chi connectivity index (χ0v) is 19.5. The number of nitrogens with zero attached hydrogens (tertiary/aromatic N) is 3. The van der Waals surface area contributed by atoms with Crippen molar-refractivity contribution in [2.45, 2.75) is 27.2 Å². The van der Waals surface area contributed by atoms with Crippen molar-refractivity contribution in [3.05, 3.63) is 76.1 Å². The number of amides is 1. The van der Waals surface area contributed by atoms with Crippen LogP contribution in [0.3, 0.4) is 0 Å². The largest absolute Gasteiger partial charge is 0.494 e. The molecule has 1 aromatic heterocycles. The zero-order chi connectivity index (χ0) is 23.1. The topological polar surface area (TPSA) is 80.5 Å². The molecule has 1 amide bonds. The van der Waals surface area contributed by atoms with Crippen LogP contribution in [0, 0.1) is 13.8 Å². The lowest BCUT2D eigenvalue weighted by Gasteiger charge is -2.13. The molecule has 0 saturated heterocycles. The quantitative estimate of drug-likeness (QED) is 0.407. The number of aromatic nitrogens is 2. The molecule has 0 unspecified atom stereocenters. The fourth-order valence-electron chi connectivity index (χ4n) is 3.32. The number of carbonyl (C=O) groups is 1. The summed E-state index contributed by atoms with van der Waals surface area (Å²) in [7, 11) is 1.93. The number of benzene rings is 2. The standard InChI is InChI=1S/C24H28ClN5O2/c1-5-32-21-11-9-20(10-12-21)27-24(28-23(31)18-7-6-8-19(25)15-18)26-14-13-22-16(2)29-30(4)17(22)3/h6-12,15H,5,13-14H2,1-4H3,(H2,26,27,28,31). The number of aliphatic imine (C=N–C) groups is 1. The number of nitrogens with one attached hydrogen (secondary N) is 2. The Kier molecular flexibility index (Phi) is 7.89. The molecule has 0 atom stereocenters. The Bertz CT molecular complexity index is 1110. The van der Waals surface area contributed by atoms with Gasteiger partial charge in [0.25, 0.3) is 5.91 Å². The SMILES string of the molecule is CCOc1ccc(NC(=NCCc2c(C)nn(C)c2C)NC(=O)c2cccc(Cl)c2)cc1. The number of halogens is 1. The van der Waals surface area contributed by atoms with Gasteiger partial charge in [0.2, 0.25) is 5.96 Å². The molecule has 7 nitrogen and oxygen atoms in total. The second-order valence-electron chi connectivity index (χ2n) is 7.30. The van der Waals surface area contributed by atoms with Crippen LogP contribution in [-0.2, 0) is 13.5 Å². The number of hydrogen-bond donors (Lipinski definition) is 2. The summed E-state index contributed by atoms with van der Waals surface area (Å²) in [4.78, 5) is 17.4. The summed E-state index contributed by atoms with van der Waals surface area (Å²) in [6.45, 7) is 7.06. The van der Waals surface area contributed by atoms with Crippen molar-refractivity contribution in [2.75, 3.05) is 18.5 Å². The van der Waals surface area contributed by atoms with E-state index >= 15 is 0 Å². The van der Waals surface area contributed by atoms with Crippen molar-refractivity contribution < 1.29 is 9.53 Å². The summed E-state index contributed by atoms with van der Waals surface area (Å²) in [5, 5.41) is 11.0. The molecule has 3 aromatic rings. The summed E-state index contributed by atoms with van der Waals surface area (Å²) < 4.78 is 7.36. The van der Waals surface area contributed by atoms with Gasteiger partial charge in [-0.25, -0.2) is 0 Å². The normalized spacial score (nSPS) is 11.3. The van der Waals surface area contributed by atoms with Crippen LogP contribution in [0.5, 0.6) is 5.75 Å². The molecule has 0 aliphatic heterocycles. The van der Waals surface area contributed by atoms with Gasteiger partial charge >= 0.3 is 0 Å². The lowest BCUT2D eigenvalue weighted by Crippen LogP contribution is -2.36. The highest BCUT2D eigenvalue weighted by Crippen LogP contribution is 2.16. The summed E-state index contributed by atoms with van der Waals surface area (Å²) in [5.74, 6) is 0.846. The molecule has 0 radical (unpaired) electrons. The minimum absolute atomic E-state index is 0.293. The maximum Gasteiger partial charge on any atom is 0.258 e. The lowest BCUT2D eigenvalue weighted by atomic mass is 10.1. The number of ether oxygens (including phenoxy) is 1. The van der Waals surface area contributed by atoms with E-state index in [1.807, 2.05) is 56.8 Å². The van der Waals surface area contributed by atoms with Gasteiger partial charge in [0.1, 0.15) is 5.75 Å². The zero-order valence-electron chi connectivity index (χ0n) is 18.8. The Morgan fingerprint density at radius 1 is 1.19 bits per heavy atom. The van der Waals surface area contributed by atoms with Crippen LogP contribution in [0.2, 0.25) is 5.02 Å². The fraction of sp³-hybridized carbons (Fsp3) is 0.292. The van der Waals surface area contributed by atoms with Gasteiger partial charge in [-0.1, -0.05) is 17.7 Å². The van der Waals surface area contributed by atoms with Gasteiger partial charge in [0.15, 0.2) is 0 Å². The molecule has 8 heteroatoms. The first-order valence-corrected chi connectivity index (χ1v) is 10.9. The first kappa shape index (κ1) is 23.3. The number of guanidine groups is 1. The summed E-state index contributed by atoms with van der Waals surface area (Å²) in [6, 6.07) is 14.3. The molecule has 1 heterocycles. The van der Waals surface area contributed by atoms with E-state index in [9.17, 15) is 4.79 Å². The van der Waals surface area contributed by atoms with E-state index in [2.05, 4.69) is 20.7 Å². The summed E-state index contributed by atoms with van der Waals surface area (Å²) in [6.07, 6.45) is 0.715. The van der Waals surface area contributed by atoms with Crippen LogP contribution < -0.4 is 15.4 Å². The van der Waals surface area contributed by atoms with Crippen LogP contribution in [0.1, 0.15) is 34.2 Å². The third-order valence-corrected chi connectivity index (χ3v) is 5.27. The number of anilines is 1. The molecule has 0 fully saturated rings. The predicted octanol–water partition coefficient (Wildman–Crippen LogP) is 4.53. The van der Waals surface area contributed by atoms with Gasteiger partial charge in [-0.05, 0) is 75.2 Å². The molecule has 0 spiro atoms. The Labute approximate surface area is 193 Å². The first-order chi connectivity index (χ1) is 15.4. The second kappa shape index (κ2) is 10.8. The smallest absolute Gasteiger partial charge is 0.258 e. The van der Waals surface area contributed by atoms with Crippen molar-refractivity contribution in [2.24, 2.45) is 12.0 Å². The first-order valence-electron chi connectivity index (χ1n) is 10.5. The molecule has 0 aliphatic rings. The fourth-order valence-corrected chi connectivity index (χ4v) is 3.51. The maximum absolute atomic E-state index is 12.8. The molecule has 0 saturated carbocycles. The van der Waals surface area contributed by atoms with Gasteiger partial charge in [-0.3, -0.25) is 19.8 Å². The van der Waals surface area contributed by atoms with Gasteiger partial charge in [0.05, 0.1) is 12.3 Å². The van der Waals surface area contributed by atoms with Crippen molar-refractivity contribution in [3.8, 4) is 5.75 Å². The van der Waals surface area contributed by atoms with Gasteiger partial charge in [-0.15, -0.1) is 0 Å². The Balaban J connectivity index is 1.77. The molecule has 168 valence electrons. The molecule has 2 aromatic carbocycles. The molecule has 0 aliphatic carbocycles. The van der Waals surface area contributed by atoms with Crippen LogP contribution in [0.15, 0.2) is 53.5 Å². The van der Waals surface area contributed by atoms with E-state index in [0.717, 1.165) is 28.4 Å². The molecule has 32 heavy (non-hydrogen) atoms. The lowest BCUT2D eigenvalue weighted by molar-refractivity contribution is 0.0977. The number of carbonyl (C=O) groups excluding carboxylic acids is 1. The van der Waals surface area contributed by atoms with E-state index in [1.54, 1.807) is 24.3 Å². The van der Waals surface area contributed by atoms with Gasteiger partial charge in [0, 0.05) is 35.6 Å². The van der Waals surface area contributed by atoms with E-state index in [1.165, 1.54) is 0 Å². The monoisotopic (exact) mass is 453 g/mol. The minimum Gasteiger partial charge on any atom is -0.494 e. The maximum atomic E-state index is 12.8. The van der Waals surface area contributed by atoms with Gasteiger partial charge < -0.3 is 10.1 Å². The highest BCUT2D eigenvalue weighted by Gasteiger charge is 2.12. The molecular formula is C24H28ClN5O2. The molecule has 2 N–H and O–H groups in total. The van der Waals surface area contributed by atoms with E-state index in [0.29, 0.717) is 36.1 Å². The molecule has 0 bridgehead atoms. The number of aryl methyl sites for hydroxylation is 2. The number of rotatable bonds is 7. The van der Waals surface area contributed by atoms with Gasteiger partial charge in [-0.2, -0.15) is 5.10 Å². The van der Waals surface area contributed by atoms with Crippen molar-refractivity contribution in [1.29, 1.82) is 0 Å². The van der Waals surface area contributed by atoms with E-state index < -0.39 is 0 Å². The van der Waals surface area contributed by atoms with Crippen LogP contribution >= 0.6 is 11.6 Å². The predicted molar refractivity (Wildman–Crippen MR) is 129 cm³/mol. The summed E-state index contributed by atoms with van der Waals surface area (Å²) >= 11 is 6.03. The van der Waals surface area contributed by atoms with E-state index in [4.69, 9.17) is 16.3 Å². The van der Waals surface area contributed by atoms with E-state index in [-0.39, 0.29) is 5.91 Å². The van der Waals surface area contributed by atoms with Crippen molar-refractivity contribution in [1.82, 2.24) is 15.1 Å². The Morgan fingerprint density at radius 2 is 1.94 bits per heavy atom. The molecular weight excluding hydrogens is 426 g/mol. The Hall–Kier alpha value is -3.32. The second-order valence-corrected chi connectivity index (χ2v) is 7.74. The average Bonchev–Trinajstić information content (AvgIpc) is 3.01. The third kappa shape index (κ3) is 6.11. The number of hydrogen-bond acceptors (Lipinski definition) is 4. The van der Waals surface area contributed by atoms with Crippen LogP contribution in [-0.4, -0.2) is 34.8 Å². The van der Waals surface area contributed by atoms with Crippen LogP contribution in [0.4, 0.5) is 5.69 Å². The average molecular weight is 454 g/mol. The van der Waals surface area contributed by atoms with Crippen molar-refractivity contribution in [3.63, 3.8) is 0 Å². The third-order valence-electron chi connectivity index (χ3n) is 5.04. The summed E-state index contributed by atoms with van der Waals surface area (Å²) in [5.41, 5.74) is 4.51. The van der Waals surface area contributed by atoms with Crippen molar-refractivity contribution >= 4 is 29.2 Å². The molecule has 3 rings (SSSR count).